The summed E-state index contributed by atoms with van der Waals surface area (Å²) in [6, 6.07) is 1.79. The van der Waals surface area contributed by atoms with Gasteiger partial charge in [0.2, 0.25) is 15.9 Å². The fourth-order valence-electron chi connectivity index (χ4n) is 0.873. The topological polar surface area (TPSA) is 111 Å². The van der Waals surface area contributed by atoms with Gasteiger partial charge in [-0.2, -0.15) is 5.26 Å². The summed E-state index contributed by atoms with van der Waals surface area (Å²) in [5.41, 5.74) is 0. The molecule has 0 aromatic rings. The monoisotopic (exact) mass is 248 g/mol. The van der Waals surface area contributed by atoms with Crippen LogP contribution < -0.4 is 15.4 Å². The zero-order valence-corrected chi connectivity index (χ0v) is 9.93. The average molecular weight is 248 g/mol. The van der Waals surface area contributed by atoms with Gasteiger partial charge in [-0.25, -0.2) is 13.1 Å². The highest BCUT2D eigenvalue weighted by Crippen LogP contribution is 1.77. The maximum Gasteiger partial charge on any atom is 0.234 e. The number of nitriles is 1. The zero-order chi connectivity index (χ0) is 12.4. The first-order valence-corrected chi connectivity index (χ1v) is 6.64. The molecular formula is C8H16N4O3S. The second-order valence-electron chi connectivity index (χ2n) is 3.13. The van der Waals surface area contributed by atoms with Crippen molar-refractivity contribution < 1.29 is 13.2 Å². The first-order valence-electron chi connectivity index (χ1n) is 4.74. The first-order chi connectivity index (χ1) is 7.45. The zero-order valence-electron chi connectivity index (χ0n) is 9.12. The van der Waals surface area contributed by atoms with Crippen LogP contribution in [0.25, 0.3) is 0 Å². The van der Waals surface area contributed by atoms with Gasteiger partial charge in [-0.15, -0.1) is 0 Å². The molecule has 0 atom stereocenters. The Bertz CT molecular complexity index is 347. The van der Waals surface area contributed by atoms with E-state index in [9.17, 15) is 13.2 Å². The molecule has 0 saturated heterocycles. The SMILES string of the molecule is CS(=O)(=O)NCCCNCC(=O)NCC#N. The summed E-state index contributed by atoms with van der Waals surface area (Å²) in [6.45, 7) is 0.991. The van der Waals surface area contributed by atoms with Crippen molar-refractivity contribution >= 4 is 15.9 Å². The summed E-state index contributed by atoms with van der Waals surface area (Å²) < 4.78 is 23.7. The van der Waals surface area contributed by atoms with Crippen LogP contribution in [0, 0.1) is 11.3 Å². The fraction of sp³-hybridized carbons (Fsp3) is 0.750. The molecule has 0 saturated carbocycles. The molecule has 3 N–H and O–H groups in total. The minimum absolute atomic E-state index is 0.00382. The van der Waals surface area contributed by atoms with Crippen molar-refractivity contribution in [3.05, 3.63) is 0 Å². The van der Waals surface area contributed by atoms with Gasteiger partial charge in [-0.3, -0.25) is 4.79 Å². The number of sulfonamides is 1. The van der Waals surface area contributed by atoms with Crippen LogP contribution >= 0.6 is 0 Å². The van der Waals surface area contributed by atoms with Gasteiger partial charge in [0.05, 0.1) is 18.9 Å². The number of hydrogen-bond acceptors (Lipinski definition) is 5. The fourth-order valence-corrected chi connectivity index (χ4v) is 1.39. The van der Waals surface area contributed by atoms with Crippen LogP contribution in [0.2, 0.25) is 0 Å². The summed E-state index contributed by atoms with van der Waals surface area (Å²) in [7, 11) is -3.13. The van der Waals surface area contributed by atoms with E-state index >= 15 is 0 Å². The molecule has 1 amide bonds. The second kappa shape index (κ2) is 8.04. The first kappa shape index (κ1) is 14.8. The molecule has 16 heavy (non-hydrogen) atoms. The van der Waals surface area contributed by atoms with Crippen LogP contribution in [0.5, 0.6) is 0 Å². The van der Waals surface area contributed by atoms with Crippen LogP contribution in [0.3, 0.4) is 0 Å². The number of carbonyl (C=O) groups excluding carboxylic acids is 1. The molecule has 0 aliphatic rings. The van der Waals surface area contributed by atoms with E-state index in [-0.39, 0.29) is 19.0 Å². The molecule has 0 aromatic carbocycles. The van der Waals surface area contributed by atoms with Crippen molar-refractivity contribution in [2.24, 2.45) is 0 Å². The van der Waals surface area contributed by atoms with Gasteiger partial charge in [0, 0.05) is 6.54 Å². The van der Waals surface area contributed by atoms with E-state index in [0.29, 0.717) is 19.5 Å². The molecule has 7 nitrogen and oxygen atoms in total. The van der Waals surface area contributed by atoms with Gasteiger partial charge in [-0.05, 0) is 13.0 Å². The number of rotatable bonds is 8. The Balaban J connectivity index is 3.34. The van der Waals surface area contributed by atoms with Crippen LogP contribution in [-0.4, -0.2) is 46.8 Å². The lowest BCUT2D eigenvalue weighted by molar-refractivity contribution is -0.120. The van der Waals surface area contributed by atoms with Crippen molar-refractivity contribution in [1.29, 1.82) is 5.26 Å². The summed E-state index contributed by atoms with van der Waals surface area (Å²) in [4.78, 5) is 11.0. The van der Waals surface area contributed by atoms with Gasteiger partial charge in [0.15, 0.2) is 0 Å². The normalized spacial score (nSPS) is 10.8. The maximum atomic E-state index is 11.0. The van der Waals surface area contributed by atoms with E-state index in [0.717, 1.165) is 6.26 Å². The third-order valence-corrected chi connectivity index (χ3v) is 2.27. The Hall–Kier alpha value is -1.17. The molecule has 0 bridgehead atoms. The van der Waals surface area contributed by atoms with Crippen LogP contribution in [0.15, 0.2) is 0 Å². The summed E-state index contributed by atoms with van der Waals surface area (Å²) in [6.07, 6.45) is 1.69. The van der Waals surface area contributed by atoms with E-state index in [1.165, 1.54) is 0 Å². The summed E-state index contributed by atoms with van der Waals surface area (Å²) in [5, 5.41) is 13.4. The molecule has 0 radical (unpaired) electrons. The van der Waals surface area contributed by atoms with E-state index in [4.69, 9.17) is 5.26 Å². The van der Waals surface area contributed by atoms with Gasteiger partial charge in [0.1, 0.15) is 6.54 Å². The number of nitrogens with zero attached hydrogens (tertiary/aromatic N) is 1. The van der Waals surface area contributed by atoms with Crippen LogP contribution in [0.1, 0.15) is 6.42 Å². The van der Waals surface area contributed by atoms with Crippen molar-refractivity contribution in [2.45, 2.75) is 6.42 Å². The highest BCUT2D eigenvalue weighted by atomic mass is 32.2. The molecule has 0 aromatic heterocycles. The van der Waals surface area contributed by atoms with Crippen LogP contribution in [-0.2, 0) is 14.8 Å². The average Bonchev–Trinajstić information content (AvgIpc) is 2.18. The molecule has 92 valence electrons. The lowest BCUT2D eigenvalue weighted by Gasteiger charge is -2.04. The predicted octanol–water partition coefficient (Wildman–Crippen LogP) is -1.84. The van der Waals surface area contributed by atoms with E-state index in [1.807, 2.05) is 0 Å². The Morgan fingerprint density at radius 2 is 2.06 bits per heavy atom. The van der Waals surface area contributed by atoms with Gasteiger partial charge in [0.25, 0.3) is 0 Å². The van der Waals surface area contributed by atoms with E-state index in [2.05, 4.69) is 15.4 Å². The Labute approximate surface area is 95.3 Å². The minimum Gasteiger partial charge on any atom is -0.342 e. The van der Waals surface area contributed by atoms with Crippen molar-refractivity contribution in [3.63, 3.8) is 0 Å². The van der Waals surface area contributed by atoms with Crippen LogP contribution in [0.4, 0.5) is 0 Å². The molecule has 0 fully saturated rings. The molecule has 0 aliphatic heterocycles. The van der Waals surface area contributed by atoms with Crippen molar-refractivity contribution in [2.75, 3.05) is 32.4 Å². The number of hydrogen-bond donors (Lipinski definition) is 3. The van der Waals surface area contributed by atoms with Crippen molar-refractivity contribution in [3.8, 4) is 6.07 Å². The highest BCUT2D eigenvalue weighted by molar-refractivity contribution is 7.88. The minimum atomic E-state index is -3.13. The molecule has 0 heterocycles. The predicted molar refractivity (Wildman–Crippen MR) is 59.0 cm³/mol. The molecule has 0 rings (SSSR count). The molecule has 0 spiro atoms. The molecule has 0 unspecified atom stereocenters. The summed E-state index contributed by atoms with van der Waals surface area (Å²) >= 11 is 0. The van der Waals surface area contributed by atoms with Crippen molar-refractivity contribution in [1.82, 2.24) is 15.4 Å². The Morgan fingerprint density at radius 1 is 1.38 bits per heavy atom. The third-order valence-electron chi connectivity index (χ3n) is 1.54. The van der Waals surface area contributed by atoms with Gasteiger partial charge >= 0.3 is 0 Å². The standard InChI is InChI=1S/C8H16N4O3S/c1-16(14,15)12-5-2-4-10-7-8(13)11-6-3-9/h10,12H,2,4-7H2,1H3,(H,11,13). The molecule has 8 heteroatoms. The lowest BCUT2D eigenvalue weighted by atomic mass is 10.4. The number of amides is 1. The quantitative estimate of drug-likeness (QED) is 0.345. The smallest absolute Gasteiger partial charge is 0.234 e. The second-order valence-corrected chi connectivity index (χ2v) is 4.96. The largest absolute Gasteiger partial charge is 0.342 e. The lowest BCUT2D eigenvalue weighted by Crippen LogP contribution is -2.35. The van der Waals surface area contributed by atoms with E-state index in [1.54, 1.807) is 6.07 Å². The molecular weight excluding hydrogens is 232 g/mol. The van der Waals surface area contributed by atoms with Gasteiger partial charge in [-0.1, -0.05) is 0 Å². The Morgan fingerprint density at radius 3 is 2.62 bits per heavy atom. The number of carbonyl (C=O) groups is 1. The number of nitrogens with one attached hydrogen (secondary N) is 3. The molecule has 0 aliphatic carbocycles. The Kier molecular flexibility index (Phi) is 7.45. The maximum absolute atomic E-state index is 11.0. The highest BCUT2D eigenvalue weighted by Gasteiger charge is 2.00. The van der Waals surface area contributed by atoms with E-state index < -0.39 is 10.0 Å². The third kappa shape index (κ3) is 10.9. The van der Waals surface area contributed by atoms with Gasteiger partial charge < -0.3 is 10.6 Å². The summed E-state index contributed by atoms with van der Waals surface area (Å²) in [5.74, 6) is -0.252.